The second-order valence-electron chi connectivity index (χ2n) is 4.14. The second kappa shape index (κ2) is 6.03. The van der Waals surface area contributed by atoms with Crippen molar-refractivity contribution < 1.29 is 9.84 Å². The number of hydrogen-bond acceptors (Lipinski definition) is 3. The first-order chi connectivity index (χ1) is 8.16. The fourth-order valence-electron chi connectivity index (χ4n) is 1.94. The van der Waals surface area contributed by atoms with Crippen molar-refractivity contribution in [1.82, 2.24) is 5.32 Å². The lowest BCUT2D eigenvalue weighted by Crippen LogP contribution is -2.42. The summed E-state index contributed by atoms with van der Waals surface area (Å²) in [5.41, 5.74) is 0.712. The summed E-state index contributed by atoms with van der Waals surface area (Å²) in [7, 11) is 0. The van der Waals surface area contributed by atoms with Gasteiger partial charge in [0, 0.05) is 22.6 Å². The Bertz CT molecular complexity index is 381. The van der Waals surface area contributed by atoms with E-state index in [1.54, 1.807) is 18.2 Å². The Labute approximate surface area is 111 Å². The minimum Gasteiger partial charge on any atom is -0.388 e. The molecule has 0 aromatic heterocycles. The van der Waals surface area contributed by atoms with E-state index in [1.807, 2.05) is 0 Å². The van der Waals surface area contributed by atoms with Crippen molar-refractivity contribution in [3.05, 3.63) is 33.8 Å². The van der Waals surface area contributed by atoms with Crippen LogP contribution >= 0.6 is 23.2 Å². The molecule has 2 rings (SSSR count). The summed E-state index contributed by atoms with van der Waals surface area (Å²) >= 11 is 11.9. The molecule has 1 aliphatic rings. The highest BCUT2D eigenvalue weighted by atomic mass is 35.5. The Hall–Kier alpha value is -0.320. The predicted octanol–water partition coefficient (Wildman–Crippen LogP) is 2.41. The maximum atomic E-state index is 10.1. The zero-order valence-electron chi connectivity index (χ0n) is 9.33. The summed E-state index contributed by atoms with van der Waals surface area (Å²) in [6.45, 7) is 2.18. The maximum Gasteiger partial charge on any atom is 0.0820 e. The van der Waals surface area contributed by atoms with Gasteiger partial charge in [-0.1, -0.05) is 29.3 Å². The number of aliphatic hydroxyl groups excluding tert-OH is 1. The summed E-state index contributed by atoms with van der Waals surface area (Å²) in [6.07, 6.45) is -0.0135. The number of aliphatic hydroxyl groups is 1. The highest BCUT2D eigenvalue weighted by Gasteiger charge is 2.20. The Morgan fingerprint density at radius 2 is 2.29 bits per heavy atom. The van der Waals surface area contributed by atoms with Crippen molar-refractivity contribution in [2.75, 3.05) is 19.8 Å². The number of nitrogens with one attached hydrogen (secondary N) is 1. The third-order valence-electron chi connectivity index (χ3n) is 2.83. The van der Waals surface area contributed by atoms with Crippen LogP contribution in [0.25, 0.3) is 0 Å². The summed E-state index contributed by atoms with van der Waals surface area (Å²) in [5, 5.41) is 14.5. The van der Waals surface area contributed by atoms with Gasteiger partial charge in [-0.25, -0.2) is 0 Å². The molecule has 2 N–H and O–H groups in total. The average molecular weight is 276 g/mol. The number of ether oxygens (including phenoxy) is 1. The van der Waals surface area contributed by atoms with Gasteiger partial charge in [0.2, 0.25) is 0 Å². The standard InChI is InChI=1S/C12H15Cl2NO2/c13-8-1-2-10(11(14)5-8)12(16)6-9-7-17-4-3-15-9/h1-2,5,9,12,15-16H,3-4,6-7H2. The third kappa shape index (κ3) is 3.57. The van der Waals surface area contributed by atoms with Crippen LogP contribution in [0, 0.1) is 0 Å². The number of hydrogen-bond donors (Lipinski definition) is 2. The van der Waals surface area contributed by atoms with E-state index in [-0.39, 0.29) is 6.04 Å². The molecule has 0 saturated carbocycles. The molecule has 17 heavy (non-hydrogen) atoms. The van der Waals surface area contributed by atoms with Gasteiger partial charge in [-0.3, -0.25) is 0 Å². The van der Waals surface area contributed by atoms with Gasteiger partial charge in [-0.15, -0.1) is 0 Å². The van der Waals surface area contributed by atoms with Crippen LogP contribution in [0.5, 0.6) is 0 Å². The van der Waals surface area contributed by atoms with Gasteiger partial charge in [-0.2, -0.15) is 0 Å². The van der Waals surface area contributed by atoms with Gasteiger partial charge in [0.25, 0.3) is 0 Å². The van der Waals surface area contributed by atoms with Crippen molar-refractivity contribution in [2.45, 2.75) is 18.6 Å². The van der Waals surface area contributed by atoms with Gasteiger partial charge >= 0.3 is 0 Å². The van der Waals surface area contributed by atoms with Crippen molar-refractivity contribution in [1.29, 1.82) is 0 Å². The van der Waals surface area contributed by atoms with E-state index in [9.17, 15) is 5.11 Å². The zero-order chi connectivity index (χ0) is 12.3. The van der Waals surface area contributed by atoms with Crippen molar-refractivity contribution in [3.8, 4) is 0 Å². The smallest absolute Gasteiger partial charge is 0.0820 e. The molecule has 1 aromatic rings. The minimum absolute atomic E-state index is 0.172. The second-order valence-corrected chi connectivity index (χ2v) is 4.99. The molecule has 2 atom stereocenters. The Balaban J connectivity index is 2.00. The van der Waals surface area contributed by atoms with Crippen LogP contribution in [0.4, 0.5) is 0 Å². The van der Waals surface area contributed by atoms with Crippen molar-refractivity contribution in [3.63, 3.8) is 0 Å². The van der Waals surface area contributed by atoms with Crippen LogP contribution in [0.2, 0.25) is 10.0 Å². The summed E-state index contributed by atoms with van der Waals surface area (Å²) in [4.78, 5) is 0. The van der Waals surface area contributed by atoms with Crippen molar-refractivity contribution >= 4 is 23.2 Å². The van der Waals surface area contributed by atoms with Gasteiger partial charge in [0.1, 0.15) is 0 Å². The van der Waals surface area contributed by atoms with E-state index >= 15 is 0 Å². The lowest BCUT2D eigenvalue weighted by molar-refractivity contribution is 0.0519. The molecule has 0 radical (unpaired) electrons. The molecule has 2 unspecified atom stereocenters. The first-order valence-corrected chi connectivity index (χ1v) is 6.36. The lowest BCUT2D eigenvalue weighted by atomic mass is 10.0. The monoisotopic (exact) mass is 275 g/mol. The third-order valence-corrected chi connectivity index (χ3v) is 3.39. The largest absolute Gasteiger partial charge is 0.388 e. The quantitative estimate of drug-likeness (QED) is 0.890. The van der Waals surface area contributed by atoms with Gasteiger partial charge < -0.3 is 15.2 Å². The van der Waals surface area contributed by atoms with Crippen LogP contribution in [-0.2, 0) is 4.74 Å². The maximum absolute atomic E-state index is 10.1. The number of morpholine rings is 1. The Morgan fingerprint density at radius 1 is 1.47 bits per heavy atom. The Morgan fingerprint density at radius 3 is 2.94 bits per heavy atom. The normalized spacial score (nSPS) is 22.4. The molecule has 1 saturated heterocycles. The lowest BCUT2D eigenvalue weighted by Gasteiger charge is -2.26. The molecule has 0 spiro atoms. The predicted molar refractivity (Wildman–Crippen MR) is 68.6 cm³/mol. The van der Waals surface area contributed by atoms with Crippen LogP contribution in [-0.4, -0.2) is 30.9 Å². The van der Waals surface area contributed by atoms with Crippen LogP contribution in [0.1, 0.15) is 18.1 Å². The molecule has 94 valence electrons. The van der Waals surface area contributed by atoms with E-state index in [0.29, 0.717) is 28.6 Å². The Kier molecular flexibility index (Phi) is 4.65. The molecular formula is C12H15Cl2NO2. The van der Waals surface area contributed by atoms with E-state index in [0.717, 1.165) is 13.2 Å². The summed E-state index contributed by atoms with van der Waals surface area (Å²) in [6, 6.07) is 5.31. The molecule has 0 aliphatic carbocycles. The highest BCUT2D eigenvalue weighted by Crippen LogP contribution is 2.28. The first kappa shape index (κ1) is 13.1. The van der Waals surface area contributed by atoms with Crippen LogP contribution in [0.3, 0.4) is 0 Å². The number of halogens is 2. The van der Waals surface area contributed by atoms with Gasteiger partial charge in [0.05, 0.1) is 19.3 Å². The molecule has 0 amide bonds. The molecule has 5 heteroatoms. The average Bonchev–Trinajstić information content (AvgIpc) is 2.30. The SMILES string of the molecule is OC(CC1COCCN1)c1ccc(Cl)cc1Cl. The number of rotatable bonds is 3. The topological polar surface area (TPSA) is 41.5 Å². The molecule has 3 nitrogen and oxygen atoms in total. The molecule has 1 aromatic carbocycles. The summed E-state index contributed by atoms with van der Waals surface area (Å²) in [5.74, 6) is 0. The van der Waals surface area contributed by atoms with Crippen LogP contribution < -0.4 is 5.32 Å². The minimum atomic E-state index is -0.598. The first-order valence-electron chi connectivity index (χ1n) is 5.61. The fourth-order valence-corrected chi connectivity index (χ4v) is 2.47. The molecule has 1 fully saturated rings. The van der Waals surface area contributed by atoms with Crippen LogP contribution in [0.15, 0.2) is 18.2 Å². The van der Waals surface area contributed by atoms with E-state index < -0.39 is 6.10 Å². The van der Waals surface area contributed by atoms with Crippen molar-refractivity contribution in [2.24, 2.45) is 0 Å². The van der Waals surface area contributed by atoms with Gasteiger partial charge in [-0.05, 0) is 24.1 Å². The number of benzene rings is 1. The van der Waals surface area contributed by atoms with E-state index in [1.165, 1.54) is 0 Å². The summed E-state index contributed by atoms with van der Waals surface area (Å²) < 4.78 is 5.34. The van der Waals surface area contributed by atoms with E-state index in [4.69, 9.17) is 27.9 Å². The molecule has 1 aliphatic heterocycles. The fraction of sp³-hybridized carbons (Fsp3) is 0.500. The molecule has 0 bridgehead atoms. The molecule has 1 heterocycles. The van der Waals surface area contributed by atoms with Gasteiger partial charge in [0.15, 0.2) is 0 Å². The molecular weight excluding hydrogens is 261 g/mol. The highest BCUT2D eigenvalue weighted by molar-refractivity contribution is 6.35. The zero-order valence-corrected chi connectivity index (χ0v) is 10.8. The van der Waals surface area contributed by atoms with E-state index in [2.05, 4.69) is 5.32 Å².